The van der Waals surface area contributed by atoms with Gasteiger partial charge in [0.1, 0.15) is 11.5 Å². The SMILES string of the molecule is O=c1[nH]c2nc(-c3ccc(F)cc3)cc(-c3ccc(Cl)cc3)c2c(=O)n1-c1ccccc1. The van der Waals surface area contributed by atoms with E-state index >= 15 is 0 Å². The molecule has 7 heteroatoms. The standard InChI is InChI=1S/C25H15ClFN3O2/c26-17-10-6-15(7-11-17)20-14-21(16-8-12-18(27)13-9-16)28-23-22(20)24(31)30(25(32)29-23)19-4-2-1-3-5-19/h1-14H,(H,28,29,32). The van der Waals surface area contributed by atoms with Gasteiger partial charge in [0.25, 0.3) is 5.56 Å². The summed E-state index contributed by atoms with van der Waals surface area (Å²) >= 11 is 6.06. The molecular formula is C25H15ClFN3O2. The molecule has 1 N–H and O–H groups in total. The molecule has 0 radical (unpaired) electrons. The number of fused-ring (bicyclic) bond motifs is 1. The maximum atomic E-state index is 13.5. The van der Waals surface area contributed by atoms with Gasteiger partial charge >= 0.3 is 5.69 Å². The van der Waals surface area contributed by atoms with Crippen LogP contribution in [0.3, 0.4) is 0 Å². The first kappa shape index (κ1) is 19.9. The van der Waals surface area contributed by atoms with E-state index in [2.05, 4.69) is 9.97 Å². The molecule has 0 atom stereocenters. The molecule has 0 saturated carbocycles. The molecular weight excluding hydrogens is 429 g/mol. The number of halogens is 2. The van der Waals surface area contributed by atoms with Gasteiger partial charge in [0.15, 0.2) is 0 Å². The number of rotatable bonds is 3. The second-order valence-electron chi connectivity index (χ2n) is 7.20. The van der Waals surface area contributed by atoms with Gasteiger partial charge in [0.05, 0.1) is 16.8 Å². The van der Waals surface area contributed by atoms with E-state index in [4.69, 9.17) is 11.6 Å². The Morgan fingerprint density at radius 3 is 2.19 bits per heavy atom. The highest BCUT2D eigenvalue weighted by molar-refractivity contribution is 6.30. The summed E-state index contributed by atoms with van der Waals surface area (Å²) in [5.74, 6) is -0.369. The lowest BCUT2D eigenvalue weighted by atomic mass is 10.00. The number of pyridine rings is 1. The summed E-state index contributed by atoms with van der Waals surface area (Å²) in [6, 6.07) is 23.3. The number of H-pyrrole nitrogens is 1. The minimum atomic E-state index is -0.598. The maximum Gasteiger partial charge on any atom is 0.334 e. The molecule has 0 aliphatic carbocycles. The minimum Gasteiger partial charge on any atom is -0.291 e. The summed E-state index contributed by atoms with van der Waals surface area (Å²) < 4.78 is 14.5. The molecule has 0 unspecified atom stereocenters. The van der Waals surface area contributed by atoms with Crippen LogP contribution >= 0.6 is 11.6 Å². The third kappa shape index (κ3) is 3.50. The highest BCUT2D eigenvalue weighted by atomic mass is 35.5. The fraction of sp³-hybridized carbons (Fsp3) is 0. The lowest BCUT2D eigenvalue weighted by Crippen LogP contribution is -2.34. The third-order valence-electron chi connectivity index (χ3n) is 5.17. The molecule has 2 heterocycles. The minimum absolute atomic E-state index is 0.152. The maximum absolute atomic E-state index is 13.5. The zero-order valence-corrected chi connectivity index (χ0v) is 17.3. The molecule has 2 aromatic heterocycles. The quantitative estimate of drug-likeness (QED) is 0.416. The third-order valence-corrected chi connectivity index (χ3v) is 5.43. The molecule has 0 amide bonds. The van der Waals surface area contributed by atoms with E-state index in [0.717, 1.165) is 10.1 Å². The lowest BCUT2D eigenvalue weighted by Gasteiger charge is -2.12. The second-order valence-corrected chi connectivity index (χ2v) is 7.64. The number of para-hydroxylation sites is 1. The molecule has 156 valence electrons. The Labute approximate surface area is 186 Å². The van der Waals surface area contributed by atoms with Crippen molar-refractivity contribution in [2.75, 3.05) is 0 Å². The zero-order chi connectivity index (χ0) is 22.2. The first-order chi connectivity index (χ1) is 15.5. The van der Waals surface area contributed by atoms with Crippen molar-refractivity contribution in [3.8, 4) is 28.1 Å². The Balaban J connectivity index is 1.87. The van der Waals surface area contributed by atoms with Crippen molar-refractivity contribution in [1.29, 1.82) is 0 Å². The van der Waals surface area contributed by atoms with Gasteiger partial charge in [-0.15, -0.1) is 0 Å². The van der Waals surface area contributed by atoms with Gasteiger partial charge in [-0.1, -0.05) is 41.9 Å². The monoisotopic (exact) mass is 443 g/mol. The number of hydrogen-bond acceptors (Lipinski definition) is 3. The topological polar surface area (TPSA) is 67.8 Å². The first-order valence-corrected chi connectivity index (χ1v) is 10.2. The summed E-state index contributed by atoms with van der Waals surface area (Å²) in [6.45, 7) is 0. The Kier molecular flexibility index (Phi) is 4.92. The summed E-state index contributed by atoms with van der Waals surface area (Å²) in [5, 5.41) is 0.822. The summed E-state index contributed by atoms with van der Waals surface area (Å²) in [4.78, 5) is 33.6. The number of nitrogens with one attached hydrogen (secondary N) is 1. The molecule has 5 aromatic rings. The fourth-order valence-electron chi connectivity index (χ4n) is 3.65. The zero-order valence-electron chi connectivity index (χ0n) is 16.5. The van der Waals surface area contributed by atoms with Crippen LogP contribution in [-0.4, -0.2) is 14.5 Å². The molecule has 0 spiro atoms. The summed E-state index contributed by atoms with van der Waals surface area (Å²) in [7, 11) is 0. The van der Waals surface area contributed by atoms with E-state index in [1.807, 2.05) is 0 Å². The molecule has 0 aliphatic heterocycles. The molecule has 32 heavy (non-hydrogen) atoms. The number of hydrogen-bond donors (Lipinski definition) is 1. The van der Waals surface area contributed by atoms with Gasteiger partial charge in [0.2, 0.25) is 0 Å². The number of benzene rings is 3. The van der Waals surface area contributed by atoms with E-state index in [1.165, 1.54) is 12.1 Å². The van der Waals surface area contributed by atoms with Crippen molar-refractivity contribution in [2.45, 2.75) is 0 Å². The highest BCUT2D eigenvalue weighted by Gasteiger charge is 2.17. The van der Waals surface area contributed by atoms with Crippen molar-refractivity contribution in [2.24, 2.45) is 0 Å². The molecule has 5 rings (SSSR count). The van der Waals surface area contributed by atoms with Crippen LogP contribution in [0.4, 0.5) is 4.39 Å². The second kappa shape index (κ2) is 7.90. The van der Waals surface area contributed by atoms with E-state index in [9.17, 15) is 14.0 Å². The van der Waals surface area contributed by atoms with Crippen molar-refractivity contribution in [1.82, 2.24) is 14.5 Å². The summed E-state index contributed by atoms with van der Waals surface area (Å²) in [6.07, 6.45) is 0. The van der Waals surface area contributed by atoms with Gasteiger partial charge in [-0.05, 0) is 60.2 Å². The Morgan fingerprint density at radius 1 is 0.844 bits per heavy atom. The van der Waals surface area contributed by atoms with Crippen LogP contribution in [0.25, 0.3) is 39.1 Å². The largest absolute Gasteiger partial charge is 0.334 e. The molecule has 0 saturated heterocycles. The normalized spacial score (nSPS) is 11.1. The average molecular weight is 444 g/mol. The smallest absolute Gasteiger partial charge is 0.291 e. The van der Waals surface area contributed by atoms with Gasteiger partial charge in [0, 0.05) is 16.1 Å². The fourth-order valence-corrected chi connectivity index (χ4v) is 3.78. The number of aromatic amines is 1. The molecule has 5 nitrogen and oxygen atoms in total. The van der Waals surface area contributed by atoms with Gasteiger partial charge in [-0.2, -0.15) is 0 Å². The van der Waals surface area contributed by atoms with E-state index < -0.39 is 11.2 Å². The average Bonchev–Trinajstić information content (AvgIpc) is 2.80. The number of nitrogens with zero attached hydrogens (tertiary/aromatic N) is 2. The van der Waals surface area contributed by atoms with Crippen LogP contribution < -0.4 is 11.2 Å². The van der Waals surface area contributed by atoms with E-state index in [1.54, 1.807) is 72.8 Å². The van der Waals surface area contributed by atoms with Gasteiger partial charge in [-0.25, -0.2) is 18.7 Å². The summed E-state index contributed by atoms with van der Waals surface area (Å²) in [5.41, 5.74) is 1.97. The lowest BCUT2D eigenvalue weighted by molar-refractivity contribution is 0.628. The Bertz CT molecular complexity index is 1560. The van der Waals surface area contributed by atoms with E-state index in [0.29, 0.717) is 27.5 Å². The highest BCUT2D eigenvalue weighted by Crippen LogP contribution is 2.30. The van der Waals surface area contributed by atoms with Gasteiger partial charge < -0.3 is 0 Å². The van der Waals surface area contributed by atoms with Crippen molar-refractivity contribution in [3.05, 3.63) is 117 Å². The van der Waals surface area contributed by atoms with Crippen LogP contribution in [0.2, 0.25) is 5.02 Å². The Morgan fingerprint density at radius 2 is 1.50 bits per heavy atom. The van der Waals surface area contributed by atoms with Gasteiger partial charge in [-0.3, -0.25) is 9.78 Å². The van der Waals surface area contributed by atoms with Crippen LogP contribution in [0, 0.1) is 5.82 Å². The predicted octanol–water partition coefficient (Wildman–Crippen LogP) is 5.20. The van der Waals surface area contributed by atoms with E-state index in [-0.39, 0.29) is 16.9 Å². The van der Waals surface area contributed by atoms with Crippen LogP contribution in [-0.2, 0) is 0 Å². The van der Waals surface area contributed by atoms with Crippen LogP contribution in [0.15, 0.2) is 94.5 Å². The van der Waals surface area contributed by atoms with Crippen molar-refractivity contribution in [3.63, 3.8) is 0 Å². The van der Waals surface area contributed by atoms with Crippen molar-refractivity contribution < 1.29 is 4.39 Å². The molecule has 3 aromatic carbocycles. The Hall–Kier alpha value is -4.03. The van der Waals surface area contributed by atoms with Crippen molar-refractivity contribution >= 4 is 22.6 Å². The van der Waals surface area contributed by atoms with Crippen LogP contribution in [0.1, 0.15) is 0 Å². The molecule has 0 aliphatic rings. The molecule has 0 fully saturated rings. The molecule has 0 bridgehead atoms. The predicted molar refractivity (Wildman–Crippen MR) is 124 cm³/mol. The first-order valence-electron chi connectivity index (χ1n) is 9.79. The number of aromatic nitrogens is 3. The van der Waals surface area contributed by atoms with Crippen LogP contribution in [0.5, 0.6) is 0 Å².